The molecule has 0 bridgehead atoms. The molecular weight excluding hydrogens is 184 g/mol. The van der Waals surface area contributed by atoms with Crippen LogP contribution in [-0.2, 0) is 0 Å². The number of halogens is 1. The lowest BCUT2D eigenvalue weighted by molar-refractivity contribution is 0.595. The maximum atomic E-state index is 5.94. The quantitative estimate of drug-likeness (QED) is 0.748. The van der Waals surface area contributed by atoms with Crippen molar-refractivity contribution in [2.24, 2.45) is 11.1 Å². The van der Waals surface area contributed by atoms with Crippen molar-refractivity contribution in [1.82, 2.24) is 4.98 Å². The van der Waals surface area contributed by atoms with Crippen molar-refractivity contribution in [3.05, 3.63) is 29.0 Å². The lowest BCUT2D eigenvalue weighted by Crippen LogP contribution is -2.06. The van der Waals surface area contributed by atoms with Crippen LogP contribution in [0.1, 0.15) is 25.5 Å². The number of pyridine rings is 1. The minimum atomic E-state index is 0.195. The first kappa shape index (κ1) is 8.97. The molecule has 2 rings (SSSR count). The van der Waals surface area contributed by atoms with E-state index in [1.165, 1.54) is 0 Å². The van der Waals surface area contributed by atoms with Gasteiger partial charge in [0.2, 0.25) is 0 Å². The van der Waals surface area contributed by atoms with Gasteiger partial charge >= 0.3 is 0 Å². The van der Waals surface area contributed by atoms with Crippen molar-refractivity contribution < 1.29 is 0 Å². The van der Waals surface area contributed by atoms with E-state index < -0.39 is 0 Å². The second kappa shape index (κ2) is 2.69. The highest BCUT2D eigenvalue weighted by atomic mass is 35.5. The first-order valence-electron chi connectivity index (χ1n) is 4.40. The van der Waals surface area contributed by atoms with Gasteiger partial charge in [0.15, 0.2) is 0 Å². The molecule has 0 saturated heterocycles. The first-order valence-corrected chi connectivity index (χ1v) is 4.78. The van der Waals surface area contributed by atoms with Crippen LogP contribution in [0.4, 0.5) is 0 Å². The molecule has 1 aromatic rings. The molecule has 70 valence electrons. The predicted octanol–water partition coefficient (Wildman–Crippen LogP) is 2.19. The molecule has 3 heteroatoms. The zero-order chi connectivity index (χ0) is 9.64. The standard InChI is InChI=1S/C10H13ClN2/c1-10(2)8(9(10)12)7-4-3-6(11)5-13-7/h3-5,8-9H,12H2,1-2H3. The van der Waals surface area contributed by atoms with Crippen LogP contribution in [0.15, 0.2) is 18.3 Å². The zero-order valence-electron chi connectivity index (χ0n) is 7.79. The van der Waals surface area contributed by atoms with Crippen LogP contribution in [0.2, 0.25) is 5.02 Å². The van der Waals surface area contributed by atoms with Gasteiger partial charge in [-0.25, -0.2) is 0 Å². The average Bonchev–Trinajstić information content (AvgIpc) is 2.55. The summed E-state index contributed by atoms with van der Waals surface area (Å²) in [6, 6.07) is 4.06. The normalized spacial score (nSPS) is 30.2. The Morgan fingerprint density at radius 1 is 1.46 bits per heavy atom. The van der Waals surface area contributed by atoms with Gasteiger partial charge < -0.3 is 5.73 Å². The number of nitrogens with zero attached hydrogens (tertiary/aromatic N) is 1. The van der Waals surface area contributed by atoms with E-state index in [1.54, 1.807) is 6.20 Å². The lowest BCUT2D eigenvalue weighted by Gasteiger charge is -2.01. The van der Waals surface area contributed by atoms with Crippen molar-refractivity contribution in [3.63, 3.8) is 0 Å². The molecular formula is C10H13ClN2. The van der Waals surface area contributed by atoms with Gasteiger partial charge in [-0.2, -0.15) is 0 Å². The summed E-state index contributed by atoms with van der Waals surface area (Å²) in [5.74, 6) is 0.393. The Labute approximate surface area is 83.1 Å². The van der Waals surface area contributed by atoms with Crippen LogP contribution in [0.3, 0.4) is 0 Å². The highest BCUT2D eigenvalue weighted by Gasteiger charge is 2.56. The SMILES string of the molecule is CC1(C)C(N)C1c1ccc(Cl)cn1. The van der Waals surface area contributed by atoms with Crippen LogP contribution in [0.5, 0.6) is 0 Å². The third-order valence-corrected chi connectivity index (χ3v) is 3.20. The van der Waals surface area contributed by atoms with E-state index in [-0.39, 0.29) is 11.5 Å². The number of nitrogens with two attached hydrogens (primary N) is 1. The summed E-state index contributed by atoms with van der Waals surface area (Å²) in [5, 5.41) is 0.677. The zero-order valence-corrected chi connectivity index (χ0v) is 8.55. The maximum absolute atomic E-state index is 5.94. The smallest absolute Gasteiger partial charge is 0.0589 e. The molecule has 2 nitrogen and oxygen atoms in total. The van der Waals surface area contributed by atoms with E-state index in [4.69, 9.17) is 17.3 Å². The molecule has 13 heavy (non-hydrogen) atoms. The average molecular weight is 197 g/mol. The van der Waals surface area contributed by atoms with Crippen LogP contribution < -0.4 is 5.73 Å². The minimum Gasteiger partial charge on any atom is -0.327 e. The number of hydrogen-bond donors (Lipinski definition) is 1. The highest BCUT2D eigenvalue weighted by molar-refractivity contribution is 6.30. The third-order valence-electron chi connectivity index (χ3n) is 2.98. The van der Waals surface area contributed by atoms with Crippen molar-refractivity contribution in [2.75, 3.05) is 0 Å². The summed E-state index contributed by atoms with van der Waals surface area (Å²) in [6.45, 7) is 4.33. The Balaban J connectivity index is 2.25. The predicted molar refractivity (Wildman–Crippen MR) is 53.7 cm³/mol. The van der Waals surface area contributed by atoms with E-state index in [2.05, 4.69) is 18.8 Å². The monoisotopic (exact) mass is 196 g/mol. The van der Waals surface area contributed by atoms with Gasteiger partial charge in [-0.05, 0) is 17.5 Å². The van der Waals surface area contributed by atoms with Crippen LogP contribution in [-0.4, -0.2) is 11.0 Å². The second-order valence-electron chi connectivity index (χ2n) is 4.23. The van der Waals surface area contributed by atoms with Gasteiger partial charge in [0.1, 0.15) is 0 Å². The lowest BCUT2D eigenvalue weighted by atomic mass is 10.1. The Hall–Kier alpha value is -0.600. The Morgan fingerprint density at radius 3 is 2.46 bits per heavy atom. The van der Waals surface area contributed by atoms with Gasteiger partial charge in [-0.1, -0.05) is 25.4 Å². The highest BCUT2D eigenvalue weighted by Crippen LogP contribution is 2.56. The molecule has 1 aromatic heterocycles. The topological polar surface area (TPSA) is 38.9 Å². The molecule has 1 saturated carbocycles. The molecule has 2 unspecified atom stereocenters. The van der Waals surface area contributed by atoms with Gasteiger partial charge in [0.05, 0.1) is 5.02 Å². The van der Waals surface area contributed by atoms with E-state index >= 15 is 0 Å². The fourth-order valence-electron chi connectivity index (χ4n) is 1.81. The summed E-state index contributed by atoms with van der Waals surface area (Å²) in [5.41, 5.74) is 7.19. The minimum absolute atomic E-state index is 0.195. The van der Waals surface area contributed by atoms with E-state index in [0.29, 0.717) is 10.9 Å². The Bertz CT molecular complexity index is 318. The van der Waals surface area contributed by atoms with Crippen molar-refractivity contribution in [1.29, 1.82) is 0 Å². The summed E-state index contributed by atoms with van der Waals surface area (Å²) in [7, 11) is 0. The third kappa shape index (κ3) is 1.34. The molecule has 2 N–H and O–H groups in total. The number of hydrogen-bond acceptors (Lipinski definition) is 2. The van der Waals surface area contributed by atoms with Crippen LogP contribution >= 0.6 is 11.6 Å². The fraction of sp³-hybridized carbons (Fsp3) is 0.500. The Morgan fingerprint density at radius 2 is 2.08 bits per heavy atom. The molecule has 1 heterocycles. The molecule has 0 aromatic carbocycles. The van der Waals surface area contributed by atoms with E-state index in [0.717, 1.165) is 5.69 Å². The number of rotatable bonds is 1. The Kier molecular flexibility index (Phi) is 1.86. The molecule has 1 aliphatic rings. The molecule has 0 spiro atoms. The molecule has 1 fully saturated rings. The summed E-state index contributed by atoms with van der Waals surface area (Å²) in [4.78, 5) is 4.27. The molecule has 0 amide bonds. The van der Waals surface area contributed by atoms with Gasteiger partial charge in [-0.15, -0.1) is 0 Å². The molecule has 1 aliphatic carbocycles. The molecule has 2 atom stereocenters. The summed E-state index contributed by atoms with van der Waals surface area (Å²) >= 11 is 5.75. The summed E-state index contributed by atoms with van der Waals surface area (Å²) in [6.07, 6.45) is 1.68. The maximum Gasteiger partial charge on any atom is 0.0589 e. The van der Waals surface area contributed by atoms with Crippen molar-refractivity contribution >= 4 is 11.6 Å². The first-order chi connectivity index (χ1) is 6.03. The van der Waals surface area contributed by atoms with Crippen molar-refractivity contribution in [3.8, 4) is 0 Å². The molecule has 0 aliphatic heterocycles. The number of aromatic nitrogens is 1. The van der Waals surface area contributed by atoms with E-state index in [9.17, 15) is 0 Å². The van der Waals surface area contributed by atoms with Gasteiger partial charge in [0, 0.05) is 23.9 Å². The van der Waals surface area contributed by atoms with Gasteiger partial charge in [-0.3, -0.25) is 4.98 Å². The summed E-state index contributed by atoms with van der Waals surface area (Å²) < 4.78 is 0. The van der Waals surface area contributed by atoms with Crippen LogP contribution in [0, 0.1) is 5.41 Å². The van der Waals surface area contributed by atoms with Crippen LogP contribution in [0.25, 0.3) is 0 Å². The van der Waals surface area contributed by atoms with Gasteiger partial charge in [0.25, 0.3) is 0 Å². The molecule has 0 radical (unpaired) electrons. The van der Waals surface area contributed by atoms with Crippen molar-refractivity contribution in [2.45, 2.75) is 25.8 Å². The second-order valence-corrected chi connectivity index (χ2v) is 4.66. The van der Waals surface area contributed by atoms with E-state index in [1.807, 2.05) is 12.1 Å². The largest absolute Gasteiger partial charge is 0.327 e. The fourth-order valence-corrected chi connectivity index (χ4v) is 1.93.